The fourth-order valence-electron chi connectivity index (χ4n) is 2.36. The zero-order chi connectivity index (χ0) is 19.3. The molecule has 0 saturated carbocycles. The number of hydrogen-bond acceptors (Lipinski definition) is 5. The van der Waals surface area contributed by atoms with Gasteiger partial charge in [-0.25, -0.2) is 13.1 Å². The molecule has 0 aliphatic carbocycles. The van der Waals surface area contributed by atoms with Crippen LogP contribution in [-0.4, -0.2) is 20.0 Å². The van der Waals surface area contributed by atoms with Crippen molar-refractivity contribution in [1.82, 2.24) is 4.72 Å². The first-order valence-corrected chi connectivity index (χ1v) is 9.03. The van der Waals surface area contributed by atoms with Crippen molar-refractivity contribution in [1.29, 1.82) is 0 Å². The Morgan fingerprint density at radius 3 is 2.50 bits per heavy atom. The summed E-state index contributed by atoms with van der Waals surface area (Å²) < 4.78 is 57.1. The van der Waals surface area contributed by atoms with E-state index in [1.165, 1.54) is 36.4 Å². The van der Waals surface area contributed by atoms with Gasteiger partial charge in [-0.1, -0.05) is 31.2 Å². The van der Waals surface area contributed by atoms with Crippen molar-refractivity contribution in [2.24, 2.45) is 0 Å². The summed E-state index contributed by atoms with van der Waals surface area (Å²) in [5, 5.41) is 10.8. The molecule has 0 aliphatic rings. The number of nitro groups is 1. The van der Waals surface area contributed by atoms with E-state index in [2.05, 4.69) is 9.46 Å². The Bertz CT molecular complexity index is 890. The Hall–Kier alpha value is -2.59. The third-order valence-corrected chi connectivity index (χ3v) is 5.02. The highest BCUT2D eigenvalue weighted by molar-refractivity contribution is 7.89. The van der Waals surface area contributed by atoms with Crippen LogP contribution in [0.5, 0.6) is 5.75 Å². The number of ether oxygens (including phenoxy) is 1. The lowest BCUT2D eigenvalue weighted by atomic mass is 10.0. The van der Waals surface area contributed by atoms with Gasteiger partial charge in [0.2, 0.25) is 10.0 Å². The Labute approximate surface area is 148 Å². The highest BCUT2D eigenvalue weighted by Crippen LogP contribution is 2.30. The third kappa shape index (κ3) is 4.73. The summed E-state index contributed by atoms with van der Waals surface area (Å²) in [6.45, 7) is -1.39. The Kier molecular flexibility index (Phi) is 6.22. The molecule has 10 heteroatoms. The number of rotatable bonds is 8. The Balaban J connectivity index is 2.35. The largest absolute Gasteiger partial charge is 0.434 e. The Morgan fingerprint density at radius 1 is 1.19 bits per heavy atom. The summed E-state index contributed by atoms with van der Waals surface area (Å²) >= 11 is 0. The van der Waals surface area contributed by atoms with Crippen LogP contribution in [0.3, 0.4) is 0 Å². The van der Waals surface area contributed by atoms with Gasteiger partial charge in [-0.3, -0.25) is 10.1 Å². The predicted molar refractivity (Wildman–Crippen MR) is 89.5 cm³/mol. The van der Waals surface area contributed by atoms with Gasteiger partial charge in [0.05, 0.1) is 15.9 Å². The quantitative estimate of drug-likeness (QED) is 0.552. The lowest BCUT2D eigenvalue weighted by Crippen LogP contribution is -2.29. The van der Waals surface area contributed by atoms with Crippen molar-refractivity contribution in [3.63, 3.8) is 0 Å². The molecule has 1 atom stereocenters. The van der Waals surface area contributed by atoms with Crippen molar-refractivity contribution < 1.29 is 26.9 Å². The second kappa shape index (κ2) is 8.19. The summed E-state index contributed by atoms with van der Waals surface area (Å²) in [7, 11) is -4.12. The smallest absolute Gasteiger partial charge is 0.387 e. The first kappa shape index (κ1) is 19.7. The molecule has 0 amide bonds. The maximum absolute atomic E-state index is 12.6. The number of nitro benzene ring substituents is 1. The number of sulfonamides is 1. The Morgan fingerprint density at radius 2 is 1.88 bits per heavy atom. The molecular weight excluding hydrogens is 370 g/mol. The van der Waals surface area contributed by atoms with Gasteiger partial charge in [0.1, 0.15) is 5.75 Å². The highest BCUT2D eigenvalue weighted by atomic mass is 32.2. The molecule has 0 heterocycles. The highest BCUT2D eigenvalue weighted by Gasteiger charge is 2.24. The van der Waals surface area contributed by atoms with Crippen molar-refractivity contribution >= 4 is 15.7 Å². The maximum Gasteiger partial charge on any atom is 0.387 e. The number of hydrogen-bond donors (Lipinski definition) is 1. The molecule has 2 rings (SSSR count). The first-order valence-electron chi connectivity index (χ1n) is 7.55. The van der Waals surface area contributed by atoms with E-state index in [1.54, 1.807) is 13.0 Å². The lowest BCUT2D eigenvalue weighted by Gasteiger charge is -2.20. The molecule has 0 spiro atoms. The van der Waals surface area contributed by atoms with E-state index in [9.17, 15) is 27.3 Å². The number of benzene rings is 2. The van der Waals surface area contributed by atoms with Gasteiger partial charge >= 0.3 is 6.61 Å². The first-order chi connectivity index (χ1) is 12.2. The molecule has 2 aromatic carbocycles. The average molecular weight is 386 g/mol. The molecule has 0 bridgehead atoms. The summed E-state index contributed by atoms with van der Waals surface area (Å²) in [5.74, 6) is -0.143. The van der Waals surface area contributed by atoms with Crippen LogP contribution >= 0.6 is 0 Å². The summed E-state index contributed by atoms with van der Waals surface area (Å²) in [4.78, 5) is 9.83. The van der Waals surface area contributed by atoms with Crippen LogP contribution in [0.1, 0.15) is 24.9 Å². The van der Waals surface area contributed by atoms with Crippen LogP contribution in [0.15, 0.2) is 53.4 Å². The number of nitrogens with one attached hydrogen (secondary N) is 1. The van der Waals surface area contributed by atoms with Crippen LogP contribution in [0.25, 0.3) is 0 Å². The molecule has 0 radical (unpaired) electrons. The second-order valence-corrected chi connectivity index (χ2v) is 6.97. The van der Waals surface area contributed by atoms with E-state index in [4.69, 9.17) is 0 Å². The molecular formula is C16H16F2N2O5S. The number of alkyl halides is 2. The zero-order valence-corrected chi connectivity index (χ0v) is 14.4. The topological polar surface area (TPSA) is 98.5 Å². The monoisotopic (exact) mass is 386 g/mol. The molecule has 0 saturated heterocycles. The maximum atomic E-state index is 12.6. The minimum atomic E-state index is -4.12. The van der Waals surface area contributed by atoms with E-state index >= 15 is 0 Å². The van der Waals surface area contributed by atoms with Crippen LogP contribution in [0, 0.1) is 10.1 Å². The second-order valence-electron chi connectivity index (χ2n) is 5.25. The standard InChI is InChI=1S/C16H16F2N2O5S/c1-2-14(13-8-3-4-9-15(13)25-16(17)18)19-26(23,24)12-7-5-6-11(10-12)20(21)22/h3-10,14,16,19H,2H2,1H3. The fraction of sp³-hybridized carbons (Fsp3) is 0.250. The molecule has 2 aromatic rings. The normalized spacial score (nSPS) is 12.8. The van der Waals surface area contributed by atoms with Gasteiger partial charge in [-0.05, 0) is 18.6 Å². The molecule has 7 nitrogen and oxygen atoms in total. The SMILES string of the molecule is CCC(NS(=O)(=O)c1cccc([N+](=O)[O-])c1)c1ccccc1OC(F)F. The minimum Gasteiger partial charge on any atom is -0.434 e. The van der Waals surface area contributed by atoms with E-state index in [0.29, 0.717) is 0 Å². The lowest BCUT2D eigenvalue weighted by molar-refractivity contribution is -0.385. The van der Waals surface area contributed by atoms with E-state index in [0.717, 1.165) is 6.07 Å². The minimum absolute atomic E-state index is 0.143. The van der Waals surface area contributed by atoms with Gasteiger partial charge in [0, 0.05) is 17.7 Å². The third-order valence-electron chi connectivity index (χ3n) is 3.55. The molecule has 0 aromatic heterocycles. The van der Waals surface area contributed by atoms with Crippen LogP contribution in [0.4, 0.5) is 14.5 Å². The van der Waals surface area contributed by atoms with Gasteiger partial charge in [-0.2, -0.15) is 8.78 Å². The van der Waals surface area contributed by atoms with Crippen molar-refractivity contribution in [2.45, 2.75) is 30.9 Å². The van der Waals surface area contributed by atoms with Crippen molar-refractivity contribution in [3.05, 3.63) is 64.2 Å². The molecule has 1 unspecified atom stereocenters. The summed E-state index contributed by atoms with van der Waals surface area (Å²) in [6.07, 6.45) is 0.248. The molecule has 0 aliphatic heterocycles. The molecule has 140 valence electrons. The average Bonchev–Trinajstić information content (AvgIpc) is 2.60. The van der Waals surface area contributed by atoms with Crippen molar-refractivity contribution in [3.8, 4) is 5.75 Å². The van der Waals surface area contributed by atoms with Gasteiger partial charge < -0.3 is 4.74 Å². The van der Waals surface area contributed by atoms with Gasteiger partial charge in [0.15, 0.2) is 0 Å². The molecule has 26 heavy (non-hydrogen) atoms. The number of nitrogens with zero attached hydrogens (tertiary/aromatic N) is 1. The number of non-ortho nitro benzene ring substituents is 1. The van der Waals surface area contributed by atoms with Crippen LogP contribution < -0.4 is 9.46 Å². The predicted octanol–water partition coefficient (Wildman–Crippen LogP) is 3.63. The summed E-state index contributed by atoms with van der Waals surface area (Å²) in [5.41, 5.74) is -0.133. The van der Waals surface area contributed by atoms with Gasteiger partial charge in [0.25, 0.3) is 5.69 Å². The van der Waals surface area contributed by atoms with Crippen LogP contribution in [0.2, 0.25) is 0 Å². The zero-order valence-electron chi connectivity index (χ0n) is 13.6. The molecule has 0 fully saturated rings. The van der Waals surface area contributed by atoms with E-state index in [-0.39, 0.29) is 28.3 Å². The number of halogens is 2. The summed E-state index contributed by atoms with van der Waals surface area (Å²) in [6, 6.07) is 9.55. The molecule has 1 N–H and O–H groups in total. The van der Waals surface area contributed by atoms with Crippen LogP contribution in [-0.2, 0) is 10.0 Å². The van der Waals surface area contributed by atoms with Gasteiger partial charge in [-0.15, -0.1) is 0 Å². The fourth-order valence-corrected chi connectivity index (χ4v) is 3.70. The van der Waals surface area contributed by atoms with E-state index < -0.39 is 27.6 Å². The number of para-hydroxylation sites is 1. The van der Waals surface area contributed by atoms with Crippen molar-refractivity contribution in [2.75, 3.05) is 0 Å². The van der Waals surface area contributed by atoms with E-state index in [1.807, 2.05) is 0 Å².